The van der Waals surface area contributed by atoms with Crippen molar-refractivity contribution < 1.29 is 14.7 Å². The van der Waals surface area contributed by atoms with Crippen LogP contribution in [0.1, 0.15) is 84.4 Å². The molecule has 1 aliphatic rings. The quantitative estimate of drug-likeness (QED) is 0.644. The van der Waals surface area contributed by atoms with Crippen LogP contribution < -0.4 is 0 Å². The number of amides is 1. The lowest BCUT2D eigenvalue weighted by Gasteiger charge is -2.30. The van der Waals surface area contributed by atoms with Gasteiger partial charge in [-0.2, -0.15) is 0 Å². The molecule has 0 spiro atoms. The number of aliphatic hydroxyl groups excluding tert-OH is 1. The Morgan fingerprint density at radius 3 is 2.25 bits per heavy atom. The molecule has 0 saturated carbocycles. The van der Waals surface area contributed by atoms with Crippen molar-refractivity contribution in [1.29, 1.82) is 0 Å². The van der Waals surface area contributed by atoms with E-state index in [1.54, 1.807) is 4.90 Å². The fourth-order valence-electron chi connectivity index (χ4n) is 3.91. The molecule has 4 heteroatoms. The van der Waals surface area contributed by atoms with Crippen LogP contribution in [-0.4, -0.2) is 28.2 Å². The van der Waals surface area contributed by atoms with Crippen molar-refractivity contribution in [2.45, 2.75) is 78.7 Å². The van der Waals surface area contributed by atoms with Crippen molar-refractivity contribution in [2.24, 2.45) is 5.92 Å². The predicted octanol–water partition coefficient (Wildman–Crippen LogP) is 5.48. The first-order chi connectivity index (χ1) is 13.1. The number of nitrogens with zero attached hydrogens (tertiary/aromatic N) is 1. The molecule has 2 rings (SSSR count). The second kappa shape index (κ2) is 8.93. The number of carbonyl (C=O) groups excluding carboxylic acids is 2. The third-order valence-electron chi connectivity index (χ3n) is 5.77. The molecule has 0 aromatic heterocycles. The van der Waals surface area contributed by atoms with Crippen LogP contribution in [0.25, 0.3) is 0 Å². The monoisotopic (exact) mass is 385 g/mol. The van der Waals surface area contributed by atoms with Crippen LogP contribution in [0.15, 0.2) is 35.6 Å². The predicted molar refractivity (Wildman–Crippen MR) is 113 cm³/mol. The van der Waals surface area contributed by atoms with Gasteiger partial charge in [0.1, 0.15) is 0 Å². The Labute approximate surface area is 169 Å². The number of benzene rings is 1. The van der Waals surface area contributed by atoms with E-state index >= 15 is 0 Å². The van der Waals surface area contributed by atoms with Gasteiger partial charge in [-0.25, -0.2) is 0 Å². The maximum Gasteiger partial charge on any atom is 0.290 e. The summed E-state index contributed by atoms with van der Waals surface area (Å²) in [5.41, 5.74) is 2.32. The fourth-order valence-corrected chi connectivity index (χ4v) is 3.91. The van der Waals surface area contributed by atoms with Crippen LogP contribution in [0.3, 0.4) is 0 Å². The molecule has 0 radical (unpaired) electrons. The van der Waals surface area contributed by atoms with E-state index in [9.17, 15) is 14.7 Å². The third-order valence-corrected chi connectivity index (χ3v) is 5.77. The molecule has 154 valence electrons. The minimum atomic E-state index is -0.505. The van der Waals surface area contributed by atoms with Crippen molar-refractivity contribution >= 4 is 11.7 Å². The second-order valence-corrected chi connectivity index (χ2v) is 8.97. The zero-order valence-electron chi connectivity index (χ0n) is 18.2. The molecule has 28 heavy (non-hydrogen) atoms. The number of hydrogen-bond acceptors (Lipinski definition) is 3. The zero-order chi connectivity index (χ0) is 21.1. The summed E-state index contributed by atoms with van der Waals surface area (Å²) in [6.07, 6.45) is 4.24. The van der Waals surface area contributed by atoms with Gasteiger partial charge in [-0.15, -0.1) is 0 Å². The lowest BCUT2D eigenvalue weighted by molar-refractivity contribution is -0.130. The van der Waals surface area contributed by atoms with E-state index in [2.05, 4.69) is 46.8 Å². The van der Waals surface area contributed by atoms with Gasteiger partial charge in [0.15, 0.2) is 11.5 Å². The molecule has 1 N–H and O–H groups in total. The zero-order valence-corrected chi connectivity index (χ0v) is 18.2. The first-order valence-electron chi connectivity index (χ1n) is 10.5. The highest BCUT2D eigenvalue weighted by molar-refractivity contribution is 6.08. The molecule has 1 aliphatic heterocycles. The SMILES string of the molecule is CCCC[C@@H](CC)CN1C(=O)C(O)=C(C(C)=O)[C@H]1c1ccc(C(C)(C)C)cc1. The minimum absolute atomic E-state index is 0.0263. The second-order valence-electron chi connectivity index (χ2n) is 8.97. The number of carbonyl (C=O) groups is 2. The molecule has 2 atom stereocenters. The van der Waals surface area contributed by atoms with E-state index in [-0.39, 0.29) is 22.5 Å². The number of ketones is 1. The molecular weight excluding hydrogens is 350 g/mol. The number of Topliss-reactive ketones (excluding diaryl/α,β-unsaturated/α-hetero) is 1. The molecule has 0 fully saturated rings. The Hall–Kier alpha value is -2.10. The molecule has 1 aromatic rings. The van der Waals surface area contributed by atoms with Crippen molar-refractivity contribution in [3.8, 4) is 0 Å². The maximum atomic E-state index is 12.8. The Bertz CT molecular complexity index is 740. The summed E-state index contributed by atoms with van der Waals surface area (Å²) in [7, 11) is 0. The van der Waals surface area contributed by atoms with Crippen LogP contribution in [0, 0.1) is 5.92 Å². The van der Waals surface area contributed by atoms with Gasteiger partial charge < -0.3 is 10.0 Å². The van der Waals surface area contributed by atoms with Gasteiger partial charge in [0.2, 0.25) is 0 Å². The molecule has 4 nitrogen and oxygen atoms in total. The molecule has 0 saturated heterocycles. The van der Waals surface area contributed by atoms with E-state index in [1.165, 1.54) is 12.5 Å². The van der Waals surface area contributed by atoms with Crippen molar-refractivity contribution in [3.05, 3.63) is 46.7 Å². The van der Waals surface area contributed by atoms with Gasteiger partial charge in [0.25, 0.3) is 5.91 Å². The summed E-state index contributed by atoms with van der Waals surface area (Å²) in [6, 6.07) is 7.58. The van der Waals surface area contributed by atoms with Gasteiger partial charge in [-0.3, -0.25) is 9.59 Å². The third kappa shape index (κ3) is 4.65. The summed E-state index contributed by atoms with van der Waals surface area (Å²) >= 11 is 0. The van der Waals surface area contributed by atoms with E-state index < -0.39 is 11.9 Å². The maximum absolute atomic E-state index is 12.8. The summed E-state index contributed by atoms with van der Waals surface area (Å²) < 4.78 is 0. The first kappa shape index (κ1) is 22.2. The number of aliphatic hydroxyl groups is 1. The Balaban J connectivity index is 2.41. The first-order valence-corrected chi connectivity index (χ1v) is 10.5. The molecular formula is C24H35NO3. The molecule has 1 amide bonds. The average Bonchev–Trinajstić information content (AvgIpc) is 2.89. The normalized spacial score (nSPS) is 18.7. The van der Waals surface area contributed by atoms with Crippen molar-refractivity contribution in [2.75, 3.05) is 6.54 Å². The molecule has 0 unspecified atom stereocenters. The van der Waals surface area contributed by atoms with Gasteiger partial charge in [-0.05, 0) is 35.8 Å². The van der Waals surface area contributed by atoms with Crippen LogP contribution in [-0.2, 0) is 15.0 Å². The molecule has 0 bridgehead atoms. The number of hydrogen-bond donors (Lipinski definition) is 1. The number of rotatable bonds is 8. The lowest BCUT2D eigenvalue weighted by Crippen LogP contribution is -2.35. The highest BCUT2D eigenvalue weighted by Crippen LogP contribution is 2.39. The van der Waals surface area contributed by atoms with Crippen LogP contribution >= 0.6 is 0 Å². The Morgan fingerprint density at radius 1 is 1.18 bits per heavy atom. The molecule has 0 aliphatic carbocycles. The highest BCUT2D eigenvalue weighted by Gasteiger charge is 2.42. The van der Waals surface area contributed by atoms with Gasteiger partial charge in [-0.1, -0.05) is 78.1 Å². The Kier molecular flexibility index (Phi) is 7.08. The summed E-state index contributed by atoms with van der Waals surface area (Å²) in [6.45, 7) is 12.7. The van der Waals surface area contributed by atoms with Crippen molar-refractivity contribution in [3.63, 3.8) is 0 Å². The average molecular weight is 386 g/mol. The lowest BCUT2D eigenvalue weighted by atomic mass is 9.85. The smallest absolute Gasteiger partial charge is 0.290 e. The van der Waals surface area contributed by atoms with Crippen molar-refractivity contribution in [1.82, 2.24) is 4.90 Å². The summed E-state index contributed by atoms with van der Waals surface area (Å²) in [5.74, 6) is -0.702. The minimum Gasteiger partial charge on any atom is -0.503 e. The van der Waals surface area contributed by atoms with Gasteiger partial charge in [0, 0.05) is 6.54 Å². The van der Waals surface area contributed by atoms with Gasteiger partial charge >= 0.3 is 0 Å². The van der Waals surface area contributed by atoms with Crippen LogP contribution in [0.2, 0.25) is 0 Å². The Morgan fingerprint density at radius 2 is 1.79 bits per heavy atom. The highest BCUT2D eigenvalue weighted by atomic mass is 16.3. The standard InChI is InChI=1S/C24H35NO3/c1-7-9-10-17(8-2)15-25-21(20(16(3)26)22(27)23(25)28)18-11-13-19(14-12-18)24(4,5)6/h11-14,17,21,27H,7-10,15H2,1-6H3/t17-,21-/m1/s1. The summed E-state index contributed by atoms with van der Waals surface area (Å²) in [5, 5.41) is 10.4. The molecule has 1 heterocycles. The van der Waals surface area contributed by atoms with E-state index in [1.807, 2.05) is 12.1 Å². The fraction of sp³-hybridized carbons (Fsp3) is 0.583. The van der Waals surface area contributed by atoms with Crippen LogP contribution in [0.5, 0.6) is 0 Å². The largest absolute Gasteiger partial charge is 0.503 e. The van der Waals surface area contributed by atoms with Gasteiger partial charge in [0.05, 0.1) is 11.6 Å². The topological polar surface area (TPSA) is 57.6 Å². The number of unbranched alkanes of at least 4 members (excludes halogenated alkanes) is 1. The summed E-state index contributed by atoms with van der Waals surface area (Å²) in [4.78, 5) is 26.8. The van der Waals surface area contributed by atoms with E-state index in [0.29, 0.717) is 12.5 Å². The van der Waals surface area contributed by atoms with E-state index in [0.717, 1.165) is 31.2 Å². The molecule has 1 aromatic carbocycles. The van der Waals surface area contributed by atoms with Crippen LogP contribution in [0.4, 0.5) is 0 Å². The van der Waals surface area contributed by atoms with E-state index in [4.69, 9.17) is 0 Å².